The van der Waals surface area contributed by atoms with Crippen LogP contribution in [-0.2, 0) is 30.4 Å². The lowest BCUT2D eigenvalue weighted by atomic mass is 10.1. The van der Waals surface area contributed by atoms with Crippen molar-refractivity contribution in [3.63, 3.8) is 0 Å². The molecule has 12 N–H and O–H groups in total. The van der Waals surface area contributed by atoms with Gasteiger partial charge in [0.2, 0.25) is 17.7 Å². The van der Waals surface area contributed by atoms with Gasteiger partial charge in [0.05, 0.1) is 18.8 Å². The van der Waals surface area contributed by atoms with Gasteiger partial charge >= 0.3 is 11.9 Å². The van der Waals surface area contributed by atoms with Gasteiger partial charge in [-0.3, -0.25) is 24.2 Å². The minimum atomic E-state index is -1.53. The number of hydrogen-bond acceptors (Lipinski definition) is 9. The number of hydrogen-bond donors (Lipinski definition) is 9. The summed E-state index contributed by atoms with van der Waals surface area (Å²) in [6.45, 7) is 0.109. The lowest BCUT2D eigenvalue weighted by Crippen LogP contribution is -2.57. The van der Waals surface area contributed by atoms with Crippen LogP contribution in [0.25, 0.3) is 0 Å². The number of aliphatic carboxylic acids is 2. The Morgan fingerprint density at radius 2 is 1.66 bits per heavy atom. The third-order valence-electron chi connectivity index (χ3n) is 5.15. The zero-order valence-corrected chi connectivity index (χ0v) is 21.7. The molecule has 1 aromatic rings. The average Bonchev–Trinajstić information content (AvgIpc) is 3.35. The third kappa shape index (κ3) is 12.4. The van der Waals surface area contributed by atoms with Gasteiger partial charge in [-0.05, 0) is 31.3 Å². The van der Waals surface area contributed by atoms with Crippen LogP contribution in [0.1, 0.15) is 31.4 Å². The van der Waals surface area contributed by atoms with E-state index in [0.29, 0.717) is 17.9 Å². The molecular weight excluding hydrogens is 522 g/mol. The fourth-order valence-electron chi connectivity index (χ4n) is 3.17. The van der Waals surface area contributed by atoms with Gasteiger partial charge in [-0.1, -0.05) is 0 Å². The number of thioether (sulfide) groups is 1. The van der Waals surface area contributed by atoms with Crippen LogP contribution in [0.15, 0.2) is 17.5 Å². The Morgan fingerprint density at radius 1 is 1.03 bits per heavy atom. The molecule has 4 atom stereocenters. The molecule has 212 valence electrons. The van der Waals surface area contributed by atoms with Crippen LogP contribution in [0.2, 0.25) is 0 Å². The van der Waals surface area contributed by atoms with Crippen molar-refractivity contribution in [2.75, 3.05) is 18.6 Å². The first-order chi connectivity index (χ1) is 17.9. The zero-order chi connectivity index (χ0) is 28.7. The number of imidazole rings is 1. The molecule has 0 spiro atoms. The number of aromatic amines is 1. The predicted octanol–water partition coefficient (Wildman–Crippen LogP) is -2.90. The number of carboxylic acid groups (broad SMARTS) is 2. The highest BCUT2D eigenvalue weighted by atomic mass is 32.2. The Morgan fingerprint density at radius 3 is 2.21 bits per heavy atom. The molecular formula is C21H35N9O7S. The number of carbonyl (C=O) groups is 5. The number of rotatable bonds is 18. The second-order valence-corrected chi connectivity index (χ2v) is 9.22. The van der Waals surface area contributed by atoms with Crippen LogP contribution in [0.4, 0.5) is 0 Å². The van der Waals surface area contributed by atoms with Gasteiger partial charge in [0.1, 0.15) is 18.1 Å². The van der Waals surface area contributed by atoms with Gasteiger partial charge in [0, 0.05) is 24.9 Å². The van der Waals surface area contributed by atoms with Gasteiger partial charge in [-0.15, -0.1) is 0 Å². The molecule has 4 unspecified atom stereocenters. The van der Waals surface area contributed by atoms with E-state index in [-0.39, 0.29) is 31.8 Å². The van der Waals surface area contributed by atoms with E-state index in [1.165, 1.54) is 24.3 Å². The van der Waals surface area contributed by atoms with Crippen LogP contribution < -0.4 is 33.2 Å². The molecule has 0 aliphatic carbocycles. The maximum Gasteiger partial charge on any atom is 0.326 e. The smallest absolute Gasteiger partial charge is 0.326 e. The van der Waals surface area contributed by atoms with E-state index in [0.717, 1.165) is 0 Å². The number of nitrogens with zero attached hydrogens (tertiary/aromatic N) is 2. The number of carboxylic acids is 2. The summed E-state index contributed by atoms with van der Waals surface area (Å²) in [6, 6.07) is -5.15. The van der Waals surface area contributed by atoms with Crippen LogP contribution in [0.3, 0.4) is 0 Å². The van der Waals surface area contributed by atoms with E-state index in [2.05, 4.69) is 30.9 Å². The molecule has 1 rings (SSSR count). The fraction of sp³-hybridized carbons (Fsp3) is 0.571. The molecule has 0 fully saturated rings. The summed E-state index contributed by atoms with van der Waals surface area (Å²) in [5.74, 6) is -4.82. The number of nitrogens with two attached hydrogens (primary N) is 3. The highest BCUT2D eigenvalue weighted by molar-refractivity contribution is 7.98. The Kier molecular flexibility index (Phi) is 14.2. The van der Waals surface area contributed by atoms with Crippen molar-refractivity contribution < 1.29 is 34.2 Å². The molecule has 0 saturated carbocycles. The monoisotopic (exact) mass is 557 g/mol. The van der Waals surface area contributed by atoms with E-state index in [1.54, 1.807) is 0 Å². The maximum atomic E-state index is 13.0. The summed E-state index contributed by atoms with van der Waals surface area (Å²) in [4.78, 5) is 71.8. The van der Waals surface area contributed by atoms with Gasteiger partial charge in [-0.2, -0.15) is 11.8 Å². The Labute approximate surface area is 223 Å². The number of guanidine groups is 1. The van der Waals surface area contributed by atoms with E-state index < -0.39 is 60.2 Å². The minimum absolute atomic E-state index is 0.0221. The summed E-state index contributed by atoms with van der Waals surface area (Å²) in [5.41, 5.74) is 16.9. The van der Waals surface area contributed by atoms with Crippen molar-refractivity contribution in [1.82, 2.24) is 25.9 Å². The quantitative estimate of drug-likeness (QED) is 0.0499. The number of nitrogens with one attached hydrogen (secondary N) is 4. The standard InChI is InChI=1S/C21H35N9O7S/c1-38-6-4-12(22)17(33)29-14(8-16(31)32)19(35)28-13(3-2-5-26-21(23)24)18(34)30-15(20(36)37)7-11-9-25-10-27-11/h9-10,12-15H,2-8,22H2,1H3,(H,25,27)(H,28,35)(H,29,33)(H,30,34)(H,31,32)(H,36,37)(H4,23,24,26). The fourth-order valence-corrected chi connectivity index (χ4v) is 3.66. The van der Waals surface area contributed by atoms with Crippen molar-refractivity contribution in [3.8, 4) is 0 Å². The zero-order valence-electron chi connectivity index (χ0n) is 20.9. The summed E-state index contributed by atoms with van der Waals surface area (Å²) < 4.78 is 0. The predicted molar refractivity (Wildman–Crippen MR) is 139 cm³/mol. The largest absolute Gasteiger partial charge is 0.481 e. The number of aromatic nitrogens is 2. The molecule has 17 heteroatoms. The second kappa shape index (κ2) is 16.8. The normalized spacial score (nSPS) is 13.8. The number of carbonyl (C=O) groups excluding carboxylic acids is 3. The minimum Gasteiger partial charge on any atom is -0.481 e. The third-order valence-corrected chi connectivity index (χ3v) is 5.80. The lowest BCUT2D eigenvalue weighted by Gasteiger charge is -2.24. The van der Waals surface area contributed by atoms with Crippen molar-refractivity contribution in [2.24, 2.45) is 22.2 Å². The van der Waals surface area contributed by atoms with Crippen molar-refractivity contribution >= 4 is 47.4 Å². The second-order valence-electron chi connectivity index (χ2n) is 8.24. The van der Waals surface area contributed by atoms with Gasteiger partial charge < -0.3 is 48.3 Å². The maximum absolute atomic E-state index is 13.0. The first kappa shape index (κ1) is 32.2. The molecule has 0 aromatic carbocycles. The van der Waals surface area contributed by atoms with Gasteiger partial charge in [-0.25, -0.2) is 9.78 Å². The SMILES string of the molecule is CSCCC(N)C(=O)NC(CC(=O)O)C(=O)NC(CCCN=C(N)N)C(=O)NC(Cc1cnc[nH]1)C(=O)O. The Hall–Kier alpha value is -3.86. The number of H-pyrrole nitrogens is 1. The molecule has 1 heterocycles. The van der Waals surface area contributed by atoms with E-state index >= 15 is 0 Å². The van der Waals surface area contributed by atoms with Crippen LogP contribution >= 0.6 is 11.8 Å². The summed E-state index contributed by atoms with van der Waals surface area (Å²) in [5, 5.41) is 25.9. The average molecular weight is 558 g/mol. The molecule has 16 nitrogen and oxygen atoms in total. The first-order valence-corrected chi connectivity index (χ1v) is 13.0. The van der Waals surface area contributed by atoms with Crippen LogP contribution in [0.5, 0.6) is 0 Å². The van der Waals surface area contributed by atoms with E-state index in [1.807, 2.05) is 6.26 Å². The summed E-state index contributed by atoms with van der Waals surface area (Å²) in [6.07, 6.45) is 4.20. The van der Waals surface area contributed by atoms with E-state index in [9.17, 15) is 34.2 Å². The summed E-state index contributed by atoms with van der Waals surface area (Å²) >= 11 is 1.46. The number of amides is 3. The topological polar surface area (TPSA) is 281 Å². The van der Waals surface area contributed by atoms with Crippen LogP contribution in [-0.4, -0.2) is 98.5 Å². The molecule has 1 aromatic heterocycles. The first-order valence-electron chi connectivity index (χ1n) is 11.6. The van der Waals surface area contributed by atoms with Crippen molar-refractivity contribution in [2.45, 2.75) is 56.3 Å². The molecule has 0 aliphatic rings. The molecule has 0 bridgehead atoms. The Balaban J connectivity index is 3.03. The van der Waals surface area contributed by atoms with Crippen molar-refractivity contribution in [3.05, 3.63) is 18.2 Å². The number of aliphatic imine (C=N–C) groups is 1. The molecule has 0 aliphatic heterocycles. The molecule has 38 heavy (non-hydrogen) atoms. The molecule has 0 radical (unpaired) electrons. The highest BCUT2D eigenvalue weighted by Crippen LogP contribution is 2.06. The van der Waals surface area contributed by atoms with Crippen molar-refractivity contribution in [1.29, 1.82) is 0 Å². The van der Waals surface area contributed by atoms with Gasteiger partial charge in [0.15, 0.2) is 5.96 Å². The van der Waals surface area contributed by atoms with Gasteiger partial charge in [0.25, 0.3) is 0 Å². The summed E-state index contributed by atoms with van der Waals surface area (Å²) in [7, 11) is 0. The highest BCUT2D eigenvalue weighted by Gasteiger charge is 2.31. The molecule has 3 amide bonds. The lowest BCUT2D eigenvalue weighted by molar-refractivity contribution is -0.143. The molecule has 0 saturated heterocycles. The Bertz CT molecular complexity index is 970. The van der Waals surface area contributed by atoms with Crippen LogP contribution in [0, 0.1) is 0 Å². The van der Waals surface area contributed by atoms with E-state index in [4.69, 9.17) is 17.2 Å².